The molecule has 150 valence electrons. The minimum absolute atomic E-state index is 0.187. The smallest absolute Gasteiger partial charge is 0.251 e. The fourth-order valence-electron chi connectivity index (χ4n) is 3.37. The van der Waals surface area contributed by atoms with E-state index in [1.165, 1.54) is 28.8 Å². The average molecular weight is 393 g/mol. The van der Waals surface area contributed by atoms with E-state index in [0.717, 1.165) is 32.1 Å². The van der Waals surface area contributed by atoms with Crippen LogP contribution in [-0.4, -0.2) is 38.3 Å². The molecule has 27 heavy (non-hydrogen) atoms. The number of carbonyl (C=O) groups is 1. The number of hydrogen-bond acceptors (Lipinski definition) is 3. The summed E-state index contributed by atoms with van der Waals surface area (Å²) >= 11 is 0. The van der Waals surface area contributed by atoms with E-state index < -0.39 is 10.0 Å². The zero-order valence-corrected chi connectivity index (χ0v) is 17.4. The maximum atomic E-state index is 12.9. The molecular weight excluding hydrogens is 360 g/mol. The van der Waals surface area contributed by atoms with Crippen molar-refractivity contribution in [2.45, 2.75) is 63.7 Å². The van der Waals surface area contributed by atoms with Crippen LogP contribution in [0.5, 0.6) is 0 Å². The monoisotopic (exact) mass is 392 g/mol. The summed E-state index contributed by atoms with van der Waals surface area (Å²) in [6.45, 7) is 5.48. The highest BCUT2D eigenvalue weighted by molar-refractivity contribution is 7.89. The Labute approximate surface area is 163 Å². The summed E-state index contributed by atoms with van der Waals surface area (Å²) in [4.78, 5) is 12.6. The molecule has 6 heteroatoms. The SMILES string of the molecule is CCCN(CCC)S(=O)(=O)c1cccc(C(=O)NCCC2=CCCCC2)c1. The number of amides is 1. The lowest BCUT2D eigenvalue weighted by molar-refractivity contribution is 0.0954. The molecule has 0 saturated carbocycles. The van der Waals surface area contributed by atoms with Gasteiger partial charge in [-0.05, 0) is 63.1 Å². The predicted octanol–water partition coefficient (Wildman–Crippen LogP) is 4.12. The van der Waals surface area contributed by atoms with Gasteiger partial charge in [0.15, 0.2) is 0 Å². The number of hydrogen-bond donors (Lipinski definition) is 1. The van der Waals surface area contributed by atoms with Gasteiger partial charge in [0.2, 0.25) is 10.0 Å². The van der Waals surface area contributed by atoms with Crippen molar-refractivity contribution in [3.05, 3.63) is 41.5 Å². The molecule has 0 heterocycles. The quantitative estimate of drug-likeness (QED) is 0.609. The summed E-state index contributed by atoms with van der Waals surface area (Å²) in [6, 6.07) is 6.36. The molecule has 1 N–H and O–H groups in total. The Morgan fingerprint density at radius 2 is 1.89 bits per heavy atom. The van der Waals surface area contributed by atoms with Crippen molar-refractivity contribution in [2.24, 2.45) is 0 Å². The lowest BCUT2D eigenvalue weighted by Gasteiger charge is -2.21. The zero-order chi connectivity index (χ0) is 19.7. The molecule has 0 fully saturated rings. The number of rotatable bonds is 10. The van der Waals surface area contributed by atoms with E-state index in [-0.39, 0.29) is 10.8 Å². The third kappa shape index (κ3) is 6.18. The first-order valence-corrected chi connectivity index (χ1v) is 11.5. The number of nitrogens with one attached hydrogen (secondary N) is 1. The van der Waals surface area contributed by atoms with Gasteiger partial charge >= 0.3 is 0 Å². The Morgan fingerprint density at radius 3 is 2.52 bits per heavy atom. The van der Waals surface area contributed by atoms with Crippen molar-refractivity contribution in [3.63, 3.8) is 0 Å². The summed E-state index contributed by atoms with van der Waals surface area (Å²) in [5.41, 5.74) is 1.80. The topological polar surface area (TPSA) is 66.5 Å². The van der Waals surface area contributed by atoms with Crippen LogP contribution in [0, 0.1) is 0 Å². The molecule has 1 aliphatic carbocycles. The van der Waals surface area contributed by atoms with Gasteiger partial charge in [-0.3, -0.25) is 4.79 Å². The summed E-state index contributed by atoms with van der Waals surface area (Å²) in [6.07, 6.45) is 9.40. The summed E-state index contributed by atoms with van der Waals surface area (Å²) < 4.78 is 27.3. The van der Waals surface area contributed by atoms with Crippen LogP contribution in [-0.2, 0) is 10.0 Å². The third-order valence-electron chi connectivity index (χ3n) is 4.80. The highest BCUT2D eigenvalue weighted by atomic mass is 32.2. The van der Waals surface area contributed by atoms with Gasteiger partial charge in [0.05, 0.1) is 4.90 Å². The lowest BCUT2D eigenvalue weighted by Crippen LogP contribution is -2.33. The fraction of sp³-hybridized carbons (Fsp3) is 0.571. The predicted molar refractivity (Wildman–Crippen MR) is 109 cm³/mol. The van der Waals surface area contributed by atoms with Gasteiger partial charge in [-0.2, -0.15) is 4.31 Å². The van der Waals surface area contributed by atoms with E-state index in [1.54, 1.807) is 18.2 Å². The zero-order valence-electron chi connectivity index (χ0n) is 16.5. The van der Waals surface area contributed by atoms with Crippen LogP contribution in [0.25, 0.3) is 0 Å². The van der Waals surface area contributed by atoms with Gasteiger partial charge < -0.3 is 5.32 Å². The third-order valence-corrected chi connectivity index (χ3v) is 6.69. The molecule has 0 radical (unpaired) electrons. The fourth-order valence-corrected chi connectivity index (χ4v) is 5.04. The van der Waals surface area contributed by atoms with Gasteiger partial charge in [-0.25, -0.2) is 8.42 Å². The minimum atomic E-state index is -3.57. The van der Waals surface area contributed by atoms with Gasteiger partial charge in [0.25, 0.3) is 5.91 Å². The van der Waals surface area contributed by atoms with Crippen LogP contribution in [0.2, 0.25) is 0 Å². The minimum Gasteiger partial charge on any atom is -0.352 e. The molecular formula is C21H32N2O3S. The molecule has 0 unspecified atom stereocenters. The second-order valence-electron chi connectivity index (χ2n) is 7.05. The molecule has 0 aromatic heterocycles. The van der Waals surface area contributed by atoms with Crippen LogP contribution in [0.1, 0.15) is 69.2 Å². The number of nitrogens with zero attached hydrogens (tertiary/aromatic N) is 1. The summed E-state index contributed by atoms with van der Waals surface area (Å²) in [5.74, 6) is -0.221. The van der Waals surface area contributed by atoms with E-state index in [1.807, 2.05) is 13.8 Å². The highest BCUT2D eigenvalue weighted by Crippen LogP contribution is 2.20. The Morgan fingerprint density at radius 1 is 1.15 bits per heavy atom. The number of allylic oxidation sites excluding steroid dienone is 1. The Hall–Kier alpha value is -1.66. The van der Waals surface area contributed by atoms with Crippen LogP contribution in [0.4, 0.5) is 0 Å². The first-order chi connectivity index (χ1) is 13.0. The Balaban J connectivity index is 2.04. The largest absolute Gasteiger partial charge is 0.352 e. The standard InChI is InChI=1S/C21H32N2O3S/c1-3-15-23(16-4-2)27(25,26)20-12-8-11-19(17-20)21(24)22-14-13-18-9-6-5-7-10-18/h8-9,11-12,17H,3-7,10,13-16H2,1-2H3,(H,22,24). The van der Waals surface area contributed by atoms with E-state index in [4.69, 9.17) is 0 Å². The van der Waals surface area contributed by atoms with Crippen molar-refractivity contribution in [1.29, 1.82) is 0 Å². The molecule has 0 aliphatic heterocycles. The molecule has 1 aliphatic rings. The first-order valence-electron chi connectivity index (χ1n) is 10.0. The van der Waals surface area contributed by atoms with Crippen LogP contribution in [0.3, 0.4) is 0 Å². The van der Waals surface area contributed by atoms with E-state index >= 15 is 0 Å². The molecule has 1 aromatic rings. The molecule has 1 aromatic carbocycles. The normalized spacial score (nSPS) is 14.9. The van der Waals surface area contributed by atoms with Crippen LogP contribution >= 0.6 is 0 Å². The van der Waals surface area contributed by atoms with Crippen LogP contribution in [0.15, 0.2) is 40.8 Å². The van der Waals surface area contributed by atoms with E-state index in [9.17, 15) is 13.2 Å². The van der Waals surface area contributed by atoms with Gasteiger partial charge in [-0.1, -0.05) is 31.6 Å². The van der Waals surface area contributed by atoms with Crippen molar-refractivity contribution in [1.82, 2.24) is 9.62 Å². The Bertz CT molecular complexity index is 750. The van der Waals surface area contributed by atoms with Crippen LogP contribution < -0.4 is 5.32 Å². The van der Waals surface area contributed by atoms with Gasteiger partial charge in [-0.15, -0.1) is 0 Å². The van der Waals surface area contributed by atoms with Crippen molar-refractivity contribution in [3.8, 4) is 0 Å². The molecule has 1 amide bonds. The van der Waals surface area contributed by atoms with E-state index in [0.29, 0.717) is 25.2 Å². The maximum absolute atomic E-state index is 12.9. The summed E-state index contributed by atoms with van der Waals surface area (Å²) in [5, 5.41) is 2.92. The molecule has 0 atom stereocenters. The van der Waals surface area contributed by atoms with Gasteiger partial charge in [0, 0.05) is 25.2 Å². The molecule has 0 saturated heterocycles. The lowest BCUT2D eigenvalue weighted by atomic mass is 9.97. The number of carbonyl (C=O) groups excluding carboxylic acids is 1. The molecule has 0 bridgehead atoms. The molecule has 0 spiro atoms. The second-order valence-corrected chi connectivity index (χ2v) is 8.98. The van der Waals surface area contributed by atoms with Crippen molar-refractivity contribution in [2.75, 3.05) is 19.6 Å². The second kappa shape index (κ2) is 10.6. The highest BCUT2D eigenvalue weighted by Gasteiger charge is 2.23. The Kier molecular flexibility index (Phi) is 8.51. The van der Waals surface area contributed by atoms with Crippen molar-refractivity contribution < 1.29 is 13.2 Å². The number of sulfonamides is 1. The van der Waals surface area contributed by atoms with Crippen molar-refractivity contribution >= 4 is 15.9 Å². The molecule has 2 rings (SSSR count). The molecule has 5 nitrogen and oxygen atoms in total. The number of benzene rings is 1. The van der Waals surface area contributed by atoms with Gasteiger partial charge in [0.1, 0.15) is 0 Å². The average Bonchev–Trinajstić information content (AvgIpc) is 2.68. The van der Waals surface area contributed by atoms with E-state index in [2.05, 4.69) is 11.4 Å². The summed E-state index contributed by atoms with van der Waals surface area (Å²) in [7, 11) is -3.57. The maximum Gasteiger partial charge on any atom is 0.251 e. The first kappa shape index (κ1) is 21.6.